The number of aromatic hydroxyl groups is 1. The summed E-state index contributed by atoms with van der Waals surface area (Å²) in [6.45, 7) is 3.63. The summed E-state index contributed by atoms with van der Waals surface area (Å²) in [6.07, 6.45) is 5.83. The molecular formula is C21H26ClN3O4. The second-order valence-electron chi connectivity index (χ2n) is 8.06. The van der Waals surface area contributed by atoms with Crippen LogP contribution in [-0.4, -0.2) is 45.9 Å². The monoisotopic (exact) mass is 419 g/mol. The summed E-state index contributed by atoms with van der Waals surface area (Å²) in [5.74, 6) is -1.32. The number of carboxylic acid groups (broad SMARTS) is 1. The van der Waals surface area contributed by atoms with Crippen LogP contribution >= 0.6 is 11.6 Å². The van der Waals surface area contributed by atoms with Crippen LogP contribution in [0.2, 0.25) is 5.02 Å². The molecule has 1 aliphatic heterocycles. The molecule has 0 amide bonds. The summed E-state index contributed by atoms with van der Waals surface area (Å²) < 4.78 is 1.83. The molecule has 8 heteroatoms. The molecule has 1 aromatic carbocycles. The Bertz CT molecular complexity index is 1050. The van der Waals surface area contributed by atoms with Crippen molar-refractivity contribution in [2.24, 2.45) is 0 Å². The Morgan fingerprint density at radius 1 is 1.41 bits per heavy atom. The third-order valence-corrected chi connectivity index (χ3v) is 6.80. The van der Waals surface area contributed by atoms with Gasteiger partial charge in [-0.25, -0.2) is 4.79 Å². The quantitative estimate of drug-likeness (QED) is 0.665. The van der Waals surface area contributed by atoms with Crippen molar-refractivity contribution >= 4 is 28.5 Å². The molecule has 0 radical (unpaired) electrons. The Labute approximate surface area is 173 Å². The van der Waals surface area contributed by atoms with Gasteiger partial charge in [0.25, 0.3) is 0 Å². The number of nitrogens with one attached hydrogen (secondary N) is 1. The fourth-order valence-corrected chi connectivity index (χ4v) is 5.38. The molecule has 1 unspecified atom stereocenters. The van der Waals surface area contributed by atoms with Crippen molar-refractivity contribution in [2.75, 3.05) is 20.3 Å². The van der Waals surface area contributed by atoms with Crippen LogP contribution in [0.25, 0.3) is 10.9 Å². The van der Waals surface area contributed by atoms with E-state index in [0.29, 0.717) is 22.8 Å². The van der Waals surface area contributed by atoms with E-state index in [-0.39, 0.29) is 22.7 Å². The van der Waals surface area contributed by atoms with Crippen molar-refractivity contribution in [1.82, 2.24) is 14.8 Å². The van der Waals surface area contributed by atoms with Crippen LogP contribution in [-0.2, 0) is 5.54 Å². The number of hydrogen-bond acceptors (Lipinski definition) is 5. The van der Waals surface area contributed by atoms with Gasteiger partial charge in [0.05, 0.1) is 21.5 Å². The minimum atomic E-state index is -1.27. The van der Waals surface area contributed by atoms with Crippen molar-refractivity contribution in [3.63, 3.8) is 0 Å². The van der Waals surface area contributed by atoms with Crippen LogP contribution in [0.5, 0.6) is 5.75 Å². The SMILES string of the molecule is CCC1(c2c(O)cc3c(=O)c(C(=O)O)cn(C4CC4)c3c2Cl)CCCN1CNC. The number of fused-ring (bicyclic) bond motifs is 1. The maximum atomic E-state index is 12.8. The molecule has 1 saturated heterocycles. The Kier molecular flexibility index (Phi) is 5.09. The van der Waals surface area contributed by atoms with Crippen molar-refractivity contribution in [2.45, 2.75) is 50.6 Å². The molecule has 3 N–H and O–H groups in total. The van der Waals surface area contributed by atoms with E-state index < -0.39 is 16.9 Å². The topological polar surface area (TPSA) is 94.8 Å². The molecule has 2 fully saturated rings. The van der Waals surface area contributed by atoms with Crippen LogP contribution in [0, 0.1) is 0 Å². The molecule has 1 saturated carbocycles. The van der Waals surface area contributed by atoms with Gasteiger partial charge in [-0.1, -0.05) is 18.5 Å². The standard InChI is InChI=1S/C21H26ClN3O4/c1-3-21(7-4-8-24(21)11-23-2)16-15(26)9-13-18(17(16)22)25(12-5-6-12)10-14(19(13)27)20(28)29/h9-10,12,23,26H,3-8,11H2,1-2H3,(H,28,29). The number of benzene rings is 1. The van der Waals surface area contributed by atoms with Crippen LogP contribution in [0.3, 0.4) is 0 Å². The van der Waals surface area contributed by atoms with Crippen molar-refractivity contribution in [3.05, 3.63) is 38.6 Å². The van der Waals surface area contributed by atoms with Gasteiger partial charge in [-0.05, 0) is 45.2 Å². The average molecular weight is 420 g/mol. The largest absolute Gasteiger partial charge is 0.508 e. The smallest absolute Gasteiger partial charge is 0.341 e. The van der Waals surface area contributed by atoms with Gasteiger partial charge in [-0.15, -0.1) is 0 Å². The van der Waals surface area contributed by atoms with Crippen LogP contribution < -0.4 is 10.7 Å². The average Bonchev–Trinajstić information content (AvgIpc) is 3.44. The summed E-state index contributed by atoms with van der Waals surface area (Å²) in [7, 11) is 1.89. The maximum absolute atomic E-state index is 12.8. The lowest BCUT2D eigenvalue weighted by Crippen LogP contribution is -2.45. The summed E-state index contributed by atoms with van der Waals surface area (Å²) in [4.78, 5) is 26.7. The molecule has 1 aromatic heterocycles. The first kappa shape index (κ1) is 20.2. The number of halogens is 1. The van der Waals surface area contributed by atoms with Gasteiger partial charge in [-0.3, -0.25) is 9.69 Å². The van der Waals surface area contributed by atoms with E-state index in [9.17, 15) is 19.8 Å². The summed E-state index contributed by atoms with van der Waals surface area (Å²) >= 11 is 6.93. The summed E-state index contributed by atoms with van der Waals surface area (Å²) in [5, 5.41) is 24.2. The molecule has 0 spiro atoms. The molecule has 2 heterocycles. The van der Waals surface area contributed by atoms with Crippen molar-refractivity contribution in [3.8, 4) is 5.75 Å². The lowest BCUT2D eigenvalue weighted by Gasteiger charge is -2.39. The van der Waals surface area contributed by atoms with E-state index >= 15 is 0 Å². The Morgan fingerprint density at radius 3 is 2.72 bits per heavy atom. The number of carbonyl (C=O) groups is 1. The highest BCUT2D eigenvalue weighted by Crippen LogP contribution is 2.50. The fourth-order valence-electron chi connectivity index (χ4n) is 4.91. The van der Waals surface area contributed by atoms with Gasteiger partial charge >= 0.3 is 5.97 Å². The zero-order valence-corrected chi connectivity index (χ0v) is 17.4. The summed E-state index contributed by atoms with van der Waals surface area (Å²) in [6, 6.07) is 1.54. The number of hydrogen-bond donors (Lipinski definition) is 3. The lowest BCUT2D eigenvalue weighted by molar-refractivity contribution is 0.0694. The van der Waals surface area contributed by atoms with Crippen LogP contribution in [0.4, 0.5) is 0 Å². The van der Waals surface area contributed by atoms with Crippen molar-refractivity contribution in [1.29, 1.82) is 0 Å². The molecule has 2 aromatic rings. The number of aromatic carboxylic acids is 1. The molecule has 29 heavy (non-hydrogen) atoms. The van der Waals surface area contributed by atoms with E-state index in [0.717, 1.165) is 38.6 Å². The summed E-state index contributed by atoms with van der Waals surface area (Å²) in [5.41, 5.74) is -0.179. The normalized spacial score (nSPS) is 22.4. The third-order valence-electron chi connectivity index (χ3n) is 6.43. The second-order valence-corrected chi connectivity index (χ2v) is 8.44. The van der Waals surface area contributed by atoms with E-state index in [1.54, 1.807) is 0 Å². The van der Waals surface area contributed by atoms with Gasteiger partial charge < -0.3 is 20.1 Å². The number of pyridine rings is 1. The van der Waals surface area contributed by atoms with E-state index in [4.69, 9.17) is 11.6 Å². The number of aromatic nitrogens is 1. The second kappa shape index (κ2) is 7.31. The third kappa shape index (κ3) is 3.03. The van der Waals surface area contributed by atoms with Gasteiger partial charge in [-0.2, -0.15) is 0 Å². The van der Waals surface area contributed by atoms with Gasteiger partial charge in [0.15, 0.2) is 0 Å². The number of nitrogens with zero attached hydrogens (tertiary/aromatic N) is 2. The van der Waals surface area contributed by atoms with Gasteiger partial charge in [0, 0.05) is 31.0 Å². The fraction of sp³-hybridized carbons (Fsp3) is 0.524. The van der Waals surface area contributed by atoms with Crippen molar-refractivity contribution < 1.29 is 15.0 Å². The predicted octanol–water partition coefficient (Wildman–Crippen LogP) is 3.27. The first-order valence-electron chi connectivity index (χ1n) is 10.1. The Morgan fingerprint density at radius 2 is 2.14 bits per heavy atom. The molecule has 7 nitrogen and oxygen atoms in total. The van der Waals surface area contributed by atoms with Crippen LogP contribution in [0.1, 0.15) is 61.0 Å². The molecule has 1 atom stereocenters. The molecule has 156 valence electrons. The number of likely N-dealkylation sites (tertiary alicyclic amines) is 1. The number of rotatable bonds is 6. The minimum Gasteiger partial charge on any atom is -0.508 e. The highest BCUT2D eigenvalue weighted by molar-refractivity contribution is 6.36. The molecule has 4 rings (SSSR count). The maximum Gasteiger partial charge on any atom is 0.341 e. The Hall–Kier alpha value is -2.09. The van der Waals surface area contributed by atoms with Gasteiger partial charge in [0.1, 0.15) is 11.3 Å². The Balaban J connectivity index is 2.05. The molecule has 1 aliphatic carbocycles. The zero-order valence-electron chi connectivity index (χ0n) is 16.7. The number of phenolic OH excluding ortho intramolecular Hbond substituents is 1. The molecule has 2 aliphatic rings. The predicted molar refractivity (Wildman–Crippen MR) is 112 cm³/mol. The minimum absolute atomic E-state index is 0.0469. The zero-order chi connectivity index (χ0) is 20.9. The highest BCUT2D eigenvalue weighted by Gasteiger charge is 2.44. The van der Waals surface area contributed by atoms with Gasteiger partial charge in [0.2, 0.25) is 5.43 Å². The first-order valence-corrected chi connectivity index (χ1v) is 10.5. The lowest BCUT2D eigenvalue weighted by atomic mass is 9.83. The molecule has 0 bridgehead atoms. The van der Waals surface area contributed by atoms with E-state index in [1.165, 1.54) is 12.3 Å². The first-order chi connectivity index (χ1) is 13.9. The number of carboxylic acids is 1. The highest BCUT2D eigenvalue weighted by atomic mass is 35.5. The van der Waals surface area contributed by atoms with Crippen LogP contribution in [0.15, 0.2) is 17.1 Å². The van der Waals surface area contributed by atoms with E-state index in [2.05, 4.69) is 17.1 Å². The van der Waals surface area contributed by atoms with E-state index in [1.807, 2.05) is 11.6 Å². The molecular weight excluding hydrogens is 394 g/mol. The number of phenols is 1.